The Kier molecular flexibility index (Phi) is 6.96. The smallest absolute Gasteiger partial charge is 0.481 e. The third-order valence-corrected chi connectivity index (χ3v) is 5.27. The maximum absolute atomic E-state index is 11.3. The van der Waals surface area contributed by atoms with Crippen LogP contribution in [0.1, 0.15) is 13.3 Å². The standard InChI is InChI=1S/C9H18O7Si/c1-5-16-8(10)6-7(9(11)12)17(13-2,14-3)15-4/h7H,5-6H2,1-4H3,(H,11,12). The Labute approximate surface area is 101 Å². The lowest BCUT2D eigenvalue weighted by atomic mass is 10.3. The molecule has 0 rings (SSSR count). The van der Waals surface area contributed by atoms with E-state index < -0.39 is 26.3 Å². The third kappa shape index (κ3) is 4.08. The zero-order valence-electron chi connectivity index (χ0n) is 10.4. The van der Waals surface area contributed by atoms with Crippen molar-refractivity contribution in [3.05, 3.63) is 0 Å². The highest BCUT2D eigenvalue weighted by atomic mass is 28.4. The van der Waals surface area contributed by atoms with Crippen molar-refractivity contribution < 1.29 is 32.7 Å². The summed E-state index contributed by atoms with van der Waals surface area (Å²) in [6.45, 7) is 1.83. The Morgan fingerprint density at radius 1 is 1.18 bits per heavy atom. The van der Waals surface area contributed by atoms with Gasteiger partial charge in [-0.25, -0.2) is 0 Å². The average Bonchev–Trinajstić information content (AvgIpc) is 2.30. The van der Waals surface area contributed by atoms with Crippen LogP contribution in [0.15, 0.2) is 0 Å². The first-order valence-electron chi connectivity index (χ1n) is 5.01. The summed E-state index contributed by atoms with van der Waals surface area (Å²) >= 11 is 0. The number of carbonyl (C=O) groups is 2. The summed E-state index contributed by atoms with van der Waals surface area (Å²) in [5, 5.41) is 9.11. The molecule has 0 saturated carbocycles. The van der Waals surface area contributed by atoms with Gasteiger partial charge in [-0.15, -0.1) is 0 Å². The normalized spacial score (nSPS) is 13.2. The number of hydrogen-bond donors (Lipinski definition) is 1. The lowest BCUT2D eigenvalue weighted by Crippen LogP contribution is -2.51. The first kappa shape index (κ1) is 16.0. The van der Waals surface area contributed by atoms with E-state index in [0.29, 0.717) is 0 Å². The van der Waals surface area contributed by atoms with E-state index >= 15 is 0 Å². The molecule has 1 atom stereocenters. The Hall–Kier alpha value is -0.963. The van der Waals surface area contributed by atoms with Gasteiger partial charge in [-0.3, -0.25) is 9.59 Å². The Morgan fingerprint density at radius 3 is 1.94 bits per heavy atom. The van der Waals surface area contributed by atoms with Crippen molar-refractivity contribution in [1.82, 2.24) is 0 Å². The van der Waals surface area contributed by atoms with Crippen molar-refractivity contribution >= 4 is 20.7 Å². The van der Waals surface area contributed by atoms with E-state index in [1.165, 1.54) is 21.3 Å². The van der Waals surface area contributed by atoms with Crippen LogP contribution in [-0.4, -0.2) is 53.8 Å². The minimum absolute atomic E-state index is 0.187. The summed E-state index contributed by atoms with van der Waals surface area (Å²) in [4.78, 5) is 22.5. The molecule has 0 radical (unpaired) electrons. The minimum atomic E-state index is -3.40. The minimum Gasteiger partial charge on any atom is -0.481 e. The van der Waals surface area contributed by atoms with E-state index in [1.807, 2.05) is 0 Å². The molecule has 0 aromatic rings. The van der Waals surface area contributed by atoms with Gasteiger partial charge in [0, 0.05) is 21.3 Å². The van der Waals surface area contributed by atoms with E-state index in [1.54, 1.807) is 6.92 Å². The lowest BCUT2D eigenvalue weighted by molar-refractivity contribution is -0.148. The number of aliphatic carboxylic acids is 1. The highest BCUT2D eigenvalue weighted by molar-refractivity contribution is 6.66. The van der Waals surface area contributed by atoms with E-state index in [9.17, 15) is 9.59 Å². The fraction of sp³-hybridized carbons (Fsp3) is 0.778. The lowest BCUT2D eigenvalue weighted by Gasteiger charge is -2.29. The van der Waals surface area contributed by atoms with Crippen LogP contribution in [0.3, 0.4) is 0 Å². The molecule has 0 spiro atoms. The van der Waals surface area contributed by atoms with Crippen molar-refractivity contribution in [3.63, 3.8) is 0 Å². The molecule has 0 aromatic carbocycles. The highest BCUT2D eigenvalue weighted by Gasteiger charge is 2.53. The van der Waals surface area contributed by atoms with Crippen molar-refractivity contribution in [1.29, 1.82) is 0 Å². The van der Waals surface area contributed by atoms with E-state index in [4.69, 9.17) is 23.1 Å². The molecular weight excluding hydrogens is 248 g/mol. The van der Waals surface area contributed by atoms with Crippen LogP contribution in [0.2, 0.25) is 5.54 Å². The molecule has 17 heavy (non-hydrogen) atoms. The predicted molar refractivity (Wildman–Crippen MR) is 59.4 cm³/mol. The molecule has 0 heterocycles. The molecular formula is C9H18O7Si. The Morgan fingerprint density at radius 2 is 1.65 bits per heavy atom. The fourth-order valence-electron chi connectivity index (χ4n) is 1.43. The van der Waals surface area contributed by atoms with Crippen LogP contribution < -0.4 is 0 Å². The molecule has 1 N–H and O–H groups in total. The van der Waals surface area contributed by atoms with Crippen LogP contribution in [0, 0.1) is 0 Å². The van der Waals surface area contributed by atoms with Gasteiger partial charge >= 0.3 is 20.7 Å². The molecule has 8 heteroatoms. The van der Waals surface area contributed by atoms with Crippen molar-refractivity contribution in [2.75, 3.05) is 27.9 Å². The van der Waals surface area contributed by atoms with Gasteiger partial charge in [0.2, 0.25) is 0 Å². The van der Waals surface area contributed by atoms with Gasteiger partial charge < -0.3 is 23.1 Å². The van der Waals surface area contributed by atoms with Crippen LogP contribution >= 0.6 is 0 Å². The van der Waals surface area contributed by atoms with Gasteiger partial charge in [0.05, 0.1) is 13.0 Å². The average molecular weight is 266 g/mol. The maximum atomic E-state index is 11.3. The van der Waals surface area contributed by atoms with Gasteiger partial charge in [-0.2, -0.15) is 0 Å². The number of esters is 1. The molecule has 7 nitrogen and oxygen atoms in total. The SMILES string of the molecule is CCOC(=O)CC(C(=O)O)[Si](OC)(OC)OC. The second-order valence-corrected chi connectivity index (χ2v) is 6.24. The number of carboxylic acids is 1. The zero-order valence-corrected chi connectivity index (χ0v) is 11.4. The summed E-state index contributed by atoms with van der Waals surface area (Å²) in [5.41, 5.74) is -1.18. The molecule has 0 aliphatic rings. The summed E-state index contributed by atoms with van der Waals surface area (Å²) in [5.74, 6) is -1.84. The largest absolute Gasteiger partial charge is 0.515 e. The summed E-state index contributed by atoms with van der Waals surface area (Å²) in [7, 11) is 0.474. The molecule has 0 bridgehead atoms. The maximum Gasteiger partial charge on any atom is 0.515 e. The van der Waals surface area contributed by atoms with E-state index in [2.05, 4.69) is 0 Å². The van der Waals surface area contributed by atoms with Crippen LogP contribution in [0.4, 0.5) is 0 Å². The van der Waals surface area contributed by atoms with Gasteiger partial charge in [-0.1, -0.05) is 0 Å². The summed E-state index contributed by atoms with van der Waals surface area (Å²) in [6.07, 6.45) is -0.342. The molecule has 0 saturated heterocycles. The van der Waals surface area contributed by atoms with Gasteiger partial charge in [0.15, 0.2) is 0 Å². The number of hydrogen-bond acceptors (Lipinski definition) is 6. The van der Waals surface area contributed by atoms with Crippen LogP contribution in [0.25, 0.3) is 0 Å². The molecule has 100 valence electrons. The predicted octanol–water partition coefficient (Wildman–Crippen LogP) is 0.272. The molecule has 0 aromatic heterocycles. The van der Waals surface area contributed by atoms with Crippen LogP contribution in [-0.2, 0) is 27.6 Å². The Bertz CT molecular complexity index is 256. The van der Waals surface area contributed by atoms with Crippen molar-refractivity contribution in [2.24, 2.45) is 0 Å². The second kappa shape index (κ2) is 7.38. The van der Waals surface area contributed by atoms with Gasteiger partial charge in [0.25, 0.3) is 0 Å². The fourth-order valence-corrected chi connectivity index (χ4v) is 3.50. The van der Waals surface area contributed by atoms with E-state index in [0.717, 1.165) is 0 Å². The van der Waals surface area contributed by atoms with Crippen LogP contribution in [0.5, 0.6) is 0 Å². The number of carbonyl (C=O) groups excluding carboxylic acids is 1. The summed E-state index contributed by atoms with van der Waals surface area (Å²) in [6, 6.07) is 0. The van der Waals surface area contributed by atoms with Crippen molar-refractivity contribution in [2.45, 2.75) is 18.9 Å². The first-order valence-corrected chi connectivity index (χ1v) is 6.81. The second-order valence-electron chi connectivity index (χ2n) is 3.12. The van der Waals surface area contributed by atoms with Gasteiger partial charge in [-0.05, 0) is 6.92 Å². The summed E-state index contributed by atoms with van der Waals surface area (Å²) < 4.78 is 19.8. The topological polar surface area (TPSA) is 91.3 Å². The number of rotatable bonds is 8. The molecule has 0 amide bonds. The Balaban J connectivity index is 4.94. The quantitative estimate of drug-likeness (QED) is 0.498. The molecule has 0 aliphatic heterocycles. The zero-order chi connectivity index (χ0) is 13.5. The molecule has 0 aliphatic carbocycles. The van der Waals surface area contributed by atoms with Crippen molar-refractivity contribution in [3.8, 4) is 0 Å². The number of ether oxygens (including phenoxy) is 1. The van der Waals surface area contributed by atoms with Gasteiger partial charge in [0.1, 0.15) is 5.54 Å². The molecule has 0 fully saturated rings. The third-order valence-electron chi connectivity index (χ3n) is 2.25. The number of carboxylic acid groups (broad SMARTS) is 1. The first-order chi connectivity index (χ1) is 7.97. The highest BCUT2D eigenvalue weighted by Crippen LogP contribution is 2.28. The molecule has 1 unspecified atom stereocenters. The van der Waals surface area contributed by atoms with E-state index in [-0.39, 0.29) is 13.0 Å². The monoisotopic (exact) mass is 266 g/mol.